The third-order valence-electron chi connectivity index (χ3n) is 5.25. The van der Waals surface area contributed by atoms with E-state index in [1.165, 1.54) is 15.9 Å². The van der Waals surface area contributed by atoms with Crippen LogP contribution in [0, 0.1) is 13.8 Å². The smallest absolute Gasteiger partial charge is 0.232 e. The zero-order valence-corrected chi connectivity index (χ0v) is 18.5. The van der Waals surface area contributed by atoms with Crippen LogP contribution >= 0.6 is 0 Å². The van der Waals surface area contributed by atoms with Crippen LogP contribution in [-0.2, 0) is 21.4 Å². The summed E-state index contributed by atoms with van der Waals surface area (Å²) >= 11 is 0. The second kappa shape index (κ2) is 9.30. The largest absolute Gasteiger partial charge is 0.352 e. The van der Waals surface area contributed by atoms with E-state index in [0.29, 0.717) is 18.7 Å². The van der Waals surface area contributed by atoms with Gasteiger partial charge in [-0.05, 0) is 65.9 Å². The van der Waals surface area contributed by atoms with Crippen LogP contribution in [0.2, 0.25) is 0 Å². The number of sulfonamides is 1. The SMILES string of the molecule is Cc1ccc(N(CCCC(=O)NCc2ccc3ccccc3c2)S(C)(=O)=O)cc1C. The molecule has 3 aromatic carbocycles. The van der Waals surface area contributed by atoms with Crippen molar-refractivity contribution in [3.8, 4) is 0 Å². The van der Waals surface area contributed by atoms with Crippen molar-refractivity contribution in [2.75, 3.05) is 17.1 Å². The summed E-state index contributed by atoms with van der Waals surface area (Å²) < 4.78 is 25.9. The topological polar surface area (TPSA) is 66.5 Å². The molecule has 0 unspecified atom stereocenters. The molecule has 5 nitrogen and oxygen atoms in total. The Hall–Kier alpha value is -2.86. The van der Waals surface area contributed by atoms with E-state index in [0.717, 1.165) is 22.1 Å². The van der Waals surface area contributed by atoms with Gasteiger partial charge in [-0.3, -0.25) is 9.10 Å². The molecule has 0 saturated heterocycles. The number of hydrogen-bond donors (Lipinski definition) is 1. The third kappa shape index (κ3) is 5.60. The molecule has 0 aromatic heterocycles. The number of hydrogen-bond acceptors (Lipinski definition) is 3. The van der Waals surface area contributed by atoms with E-state index in [9.17, 15) is 13.2 Å². The van der Waals surface area contributed by atoms with Gasteiger partial charge in [0.25, 0.3) is 0 Å². The van der Waals surface area contributed by atoms with Gasteiger partial charge in [0, 0.05) is 19.5 Å². The molecule has 158 valence electrons. The molecule has 0 aliphatic carbocycles. The second-order valence-corrected chi connectivity index (χ2v) is 9.57. The molecule has 3 aromatic rings. The molecule has 3 rings (SSSR count). The van der Waals surface area contributed by atoms with E-state index >= 15 is 0 Å². The molecule has 0 radical (unpaired) electrons. The van der Waals surface area contributed by atoms with Crippen molar-refractivity contribution in [3.05, 3.63) is 77.4 Å². The van der Waals surface area contributed by atoms with Crippen LogP contribution in [0.25, 0.3) is 10.8 Å². The van der Waals surface area contributed by atoms with Gasteiger partial charge in [0.05, 0.1) is 11.9 Å². The molecule has 0 aliphatic heterocycles. The Bertz CT molecular complexity index is 1160. The predicted octanol–water partition coefficient (Wildman–Crippen LogP) is 4.32. The molecule has 0 saturated carbocycles. The van der Waals surface area contributed by atoms with Crippen molar-refractivity contribution in [1.29, 1.82) is 0 Å². The highest BCUT2D eigenvalue weighted by Gasteiger charge is 2.18. The van der Waals surface area contributed by atoms with E-state index in [1.807, 2.05) is 62.4 Å². The molecule has 1 N–H and O–H groups in total. The molecule has 0 heterocycles. The first-order valence-corrected chi connectivity index (χ1v) is 11.9. The maximum absolute atomic E-state index is 12.3. The minimum Gasteiger partial charge on any atom is -0.352 e. The Morgan fingerprint density at radius 2 is 1.67 bits per heavy atom. The molecule has 0 fully saturated rings. The van der Waals surface area contributed by atoms with Crippen molar-refractivity contribution >= 4 is 32.4 Å². The number of aryl methyl sites for hydroxylation is 2. The van der Waals surface area contributed by atoms with Crippen LogP contribution in [0.1, 0.15) is 29.5 Å². The summed E-state index contributed by atoms with van der Waals surface area (Å²) in [5, 5.41) is 5.23. The first-order valence-electron chi connectivity index (χ1n) is 10.0. The minimum atomic E-state index is -3.42. The molecule has 6 heteroatoms. The number of rotatable bonds is 8. The van der Waals surface area contributed by atoms with E-state index in [1.54, 1.807) is 0 Å². The Labute approximate surface area is 178 Å². The highest BCUT2D eigenvalue weighted by atomic mass is 32.2. The summed E-state index contributed by atoms with van der Waals surface area (Å²) in [4.78, 5) is 12.3. The van der Waals surface area contributed by atoms with E-state index < -0.39 is 10.0 Å². The predicted molar refractivity (Wildman–Crippen MR) is 123 cm³/mol. The normalized spacial score (nSPS) is 11.4. The summed E-state index contributed by atoms with van der Waals surface area (Å²) in [6.45, 7) is 4.67. The molecular weight excluding hydrogens is 396 g/mol. The van der Waals surface area contributed by atoms with Gasteiger partial charge in [0.15, 0.2) is 0 Å². The quantitative estimate of drug-likeness (QED) is 0.586. The number of fused-ring (bicyclic) bond motifs is 1. The van der Waals surface area contributed by atoms with Crippen molar-refractivity contribution in [2.24, 2.45) is 0 Å². The molecule has 0 spiro atoms. The van der Waals surface area contributed by atoms with Crippen LogP contribution < -0.4 is 9.62 Å². The lowest BCUT2D eigenvalue weighted by atomic mass is 10.1. The van der Waals surface area contributed by atoms with Crippen LogP contribution in [0.5, 0.6) is 0 Å². The summed E-state index contributed by atoms with van der Waals surface area (Å²) in [5.74, 6) is -0.0864. The lowest BCUT2D eigenvalue weighted by molar-refractivity contribution is -0.121. The van der Waals surface area contributed by atoms with Gasteiger partial charge in [-0.1, -0.05) is 42.5 Å². The summed E-state index contributed by atoms with van der Waals surface area (Å²) in [6, 6.07) is 19.8. The Kier molecular flexibility index (Phi) is 6.77. The number of carbonyl (C=O) groups is 1. The zero-order valence-electron chi connectivity index (χ0n) is 17.7. The van der Waals surface area contributed by atoms with Gasteiger partial charge < -0.3 is 5.32 Å². The molecule has 0 atom stereocenters. The lowest BCUT2D eigenvalue weighted by Crippen LogP contribution is -2.32. The number of benzene rings is 3. The fourth-order valence-corrected chi connectivity index (χ4v) is 4.35. The third-order valence-corrected chi connectivity index (χ3v) is 6.44. The van der Waals surface area contributed by atoms with E-state index in [4.69, 9.17) is 0 Å². The standard InChI is InChI=1S/C24H28N2O3S/c1-18-10-13-23(15-19(18)2)26(30(3,28)29)14-6-9-24(27)25-17-20-11-12-21-7-4-5-8-22(21)16-20/h4-5,7-8,10-13,15-16H,6,9,14,17H2,1-3H3,(H,25,27). The molecule has 30 heavy (non-hydrogen) atoms. The van der Waals surface area contributed by atoms with E-state index in [-0.39, 0.29) is 18.9 Å². The monoisotopic (exact) mass is 424 g/mol. The first-order chi connectivity index (χ1) is 14.2. The maximum Gasteiger partial charge on any atom is 0.232 e. The highest BCUT2D eigenvalue weighted by Crippen LogP contribution is 2.22. The number of carbonyl (C=O) groups excluding carboxylic acids is 1. The number of anilines is 1. The summed E-state index contributed by atoms with van der Waals surface area (Å²) in [6.07, 6.45) is 1.91. The number of nitrogens with one attached hydrogen (secondary N) is 1. The Balaban J connectivity index is 1.55. The van der Waals surface area contributed by atoms with Crippen LogP contribution in [0.3, 0.4) is 0 Å². The Morgan fingerprint density at radius 3 is 2.37 bits per heavy atom. The van der Waals surface area contributed by atoms with Gasteiger partial charge in [-0.15, -0.1) is 0 Å². The van der Waals surface area contributed by atoms with Gasteiger partial charge in [-0.25, -0.2) is 8.42 Å². The summed E-state index contributed by atoms with van der Waals surface area (Å²) in [5.41, 5.74) is 3.82. The van der Waals surface area contributed by atoms with Gasteiger partial charge in [0.1, 0.15) is 0 Å². The highest BCUT2D eigenvalue weighted by molar-refractivity contribution is 7.92. The van der Waals surface area contributed by atoms with E-state index in [2.05, 4.69) is 17.4 Å². The molecule has 0 bridgehead atoms. The fourth-order valence-electron chi connectivity index (χ4n) is 3.39. The number of nitrogens with zero attached hydrogens (tertiary/aromatic N) is 1. The average molecular weight is 425 g/mol. The van der Waals surface area contributed by atoms with Crippen molar-refractivity contribution in [2.45, 2.75) is 33.2 Å². The van der Waals surface area contributed by atoms with Gasteiger partial charge >= 0.3 is 0 Å². The van der Waals surface area contributed by atoms with Crippen molar-refractivity contribution < 1.29 is 13.2 Å². The first kappa shape index (κ1) is 21.8. The second-order valence-electron chi connectivity index (χ2n) is 7.67. The zero-order chi connectivity index (χ0) is 21.7. The number of amides is 1. The molecular formula is C24H28N2O3S. The lowest BCUT2D eigenvalue weighted by Gasteiger charge is -2.23. The van der Waals surface area contributed by atoms with Crippen LogP contribution in [0.15, 0.2) is 60.7 Å². The summed E-state index contributed by atoms with van der Waals surface area (Å²) in [7, 11) is -3.42. The Morgan fingerprint density at radius 1 is 0.933 bits per heavy atom. The van der Waals surface area contributed by atoms with Crippen LogP contribution in [-0.4, -0.2) is 27.1 Å². The van der Waals surface area contributed by atoms with Crippen molar-refractivity contribution in [3.63, 3.8) is 0 Å². The maximum atomic E-state index is 12.3. The van der Waals surface area contributed by atoms with Gasteiger partial charge in [0.2, 0.25) is 15.9 Å². The average Bonchev–Trinajstić information content (AvgIpc) is 2.71. The van der Waals surface area contributed by atoms with Crippen LogP contribution in [0.4, 0.5) is 5.69 Å². The minimum absolute atomic E-state index is 0.0864. The van der Waals surface area contributed by atoms with Gasteiger partial charge in [-0.2, -0.15) is 0 Å². The molecule has 1 amide bonds. The molecule has 0 aliphatic rings. The van der Waals surface area contributed by atoms with Crippen molar-refractivity contribution in [1.82, 2.24) is 5.32 Å². The fraction of sp³-hybridized carbons (Fsp3) is 0.292.